The van der Waals surface area contributed by atoms with Crippen molar-refractivity contribution >= 4 is 17.5 Å². The number of likely N-dealkylation sites (tertiary alicyclic amines) is 1. The van der Waals surface area contributed by atoms with E-state index in [1.165, 1.54) is 0 Å². The van der Waals surface area contributed by atoms with Crippen LogP contribution in [0.1, 0.15) is 83.0 Å². The number of carbonyl (C=O) groups excluding carboxylic acids is 2. The molecular weight excluding hydrogens is 554 g/mol. The van der Waals surface area contributed by atoms with Gasteiger partial charge in [0.2, 0.25) is 5.91 Å². The van der Waals surface area contributed by atoms with E-state index in [4.69, 9.17) is 0 Å². The summed E-state index contributed by atoms with van der Waals surface area (Å²) < 4.78 is 0. The van der Waals surface area contributed by atoms with E-state index >= 15 is 0 Å². The number of H-pyrrole nitrogens is 1. The van der Waals surface area contributed by atoms with Crippen molar-refractivity contribution in [3.8, 4) is 6.07 Å². The molecule has 2 heterocycles. The second-order valence-electron chi connectivity index (χ2n) is 12.3. The van der Waals surface area contributed by atoms with Crippen LogP contribution < -0.4 is 16.0 Å². The molecule has 2 amide bonds. The van der Waals surface area contributed by atoms with E-state index in [2.05, 4.69) is 74.3 Å². The average molecular weight is 594 g/mol. The van der Waals surface area contributed by atoms with Gasteiger partial charge in [-0.3, -0.25) is 9.59 Å². The molecule has 1 saturated carbocycles. The Hall–Kier alpha value is -4.56. The number of nitrogens with one attached hydrogen (secondary N) is 4. The third kappa shape index (κ3) is 4.93. The van der Waals surface area contributed by atoms with Crippen molar-refractivity contribution in [3.05, 3.63) is 82.2 Å². The number of hydrogen-bond acceptors (Lipinski definition) is 8. The Morgan fingerprint density at radius 2 is 1.77 bits per heavy atom. The molecule has 2 fully saturated rings. The Balaban J connectivity index is 1.41. The first kappa shape index (κ1) is 29.5. The number of benzene rings is 2. The smallest absolute Gasteiger partial charge is 0.251 e. The van der Waals surface area contributed by atoms with Crippen LogP contribution in [0.3, 0.4) is 0 Å². The molecular formula is C33H39N9O2. The Morgan fingerprint density at radius 3 is 2.36 bits per heavy atom. The normalized spacial score (nSPS) is 21.9. The molecule has 228 valence electrons. The van der Waals surface area contributed by atoms with Crippen LogP contribution in [0.25, 0.3) is 5.70 Å². The summed E-state index contributed by atoms with van der Waals surface area (Å²) in [5.74, 6) is 0.349. The van der Waals surface area contributed by atoms with Crippen LogP contribution >= 0.6 is 0 Å². The number of rotatable bonds is 9. The number of carbonyl (C=O) groups is 2. The predicted molar refractivity (Wildman–Crippen MR) is 165 cm³/mol. The monoisotopic (exact) mass is 593 g/mol. The summed E-state index contributed by atoms with van der Waals surface area (Å²) >= 11 is 0. The molecule has 4 N–H and O–H groups in total. The van der Waals surface area contributed by atoms with Crippen LogP contribution in [0, 0.1) is 11.3 Å². The van der Waals surface area contributed by atoms with Crippen molar-refractivity contribution in [3.63, 3.8) is 0 Å². The Bertz CT molecular complexity index is 1570. The minimum Gasteiger partial charge on any atom is -0.388 e. The first-order valence-electron chi connectivity index (χ1n) is 15.3. The van der Waals surface area contributed by atoms with Gasteiger partial charge in [-0.1, -0.05) is 30.0 Å². The number of tetrazole rings is 1. The molecule has 0 radical (unpaired) electrons. The summed E-state index contributed by atoms with van der Waals surface area (Å²) in [5.41, 5.74) is 5.69. The predicted octanol–water partition coefficient (Wildman–Crippen LogP) is 2.60. The Labute approximate surface area is 257 Å². The SMILES string of the molecule is C=C(NC)c1ccc2c(c1)CCc1cc(C(=O)NC)ccc1C2(C[C@@H](C)NCC(=O)N1C(C#N)CCC12CC2)c1nn[nH]n1. The number of aromatic nitrogens is 4. The molecule has 1 saturated heterocycles. The van der Waals surface area contributed by atoms with E-state index in [0.717, 1.165) is 72.0 Å². The van der Waals surface area contributed by atoms with Gasteiger partial charge in [0.05, 0.1) is 18.0 Å². The molecule has 3 aliphatic rings. The second-order valence-corrected chi connectivity index (χ2v) is 12.3. The van der Waals surface area contributed by atoms with E-state index in [9.17, 15) is 14.9 Å². The highest BCUT2D eigenvalue weighted by Crippen LogP contribution is 2.52. The lowest BCUT2D eigenvalue weighted by molar-refractivity contribution is -0.133. The summed E-state index contributed by atoms with van der Waals surface area (Å²) in [7, 11) is 3.48. The molecule has 1 aromatic heterocycles. The molecule has 44 heavy (non-hydrogen) atoms. The largest absolute Gasteiger partial charge is 0.388 e. The van der Waals surface area contributed by atoms with E-state index in [1.54, 1.807) is 7.05 Å². The van der Waals surface area contributed by atoms with Crippen molar-refractivity contribution in [2.75, 3.05) is 20.6 Å². The first-order valence-corrected chi connectivity index (χ1v) is 15.3. The van der Waals surface area contributed by atoms with Gasteiger partial charge >= 0.3 is 0 Å². The summed E-state index contributed by atoms with van der Waals surface area (Å²) in [5, 5.41) is 34.9. The zero-order valence-corrected chi connectivity index (χ0v) is 25.5. The highest BCUT2D eigenvalue weighted by molar-refractivity contribution is 5.94. The standard InChI is InChI=1S/C33H39N9O2/c1-20(37-19-29(43)42-26(18-34)11-12-32(42)13-14-32)17-33(31-38-40-41-39-31)27-9-7-22(21(2)35-3)15-23(27)5-6-24-16-25(30(44)36-4)8-10-28(24)33/h7-10,15-16,20,26,35,37H,2,5-6,11-14,17,19H2,1,3-4H3,(H,36,44)(H,38,39,40,41)/t20-,26?,33?/m1/s1. The summed E-state index contributed by atoms with van der Waals surface area (Å²) in [6.07, 6.45) is 5.58. The fraction of sp³-hybridized carbons (Fsp3) is 0.455. The molecule has 11 heteroatoms. The van der Waals surface area contributed by atoms with Crippen LogP contribution in [0.4, 0.5) is 0 Å². The summed E-state index contributed by atoms with van der Waals surface area (Å²) in [6, 6.07) is 14.0. The molecule has 3 aromatic rings. The number of amides is 2. The number of aromatic amines is 1. The fourth-order valence-electron chi connectivity index (χ4n) is 7.42. The molecule has 3 atom stereocenters. The topological polar surface area (TPSA) is 152 Å². The third-order valence-corrected chi connectivity index (χ3v) is 9.83. The highest BCUT2D eigenvalue weighted by atomic mass is 16.2. The Morgan fingerprint density at radius 1 is 1.09 bits per heavy atom. The minimum absolute atomic E-state index is 0.0286. The molecule has 2 unspecified atom stereocenters. The molecule has 1 aliphatic heterocycles. The van der Waals surface area contributed by atoms with Crippen molar-refractivity contribution < 1.29 is 9.59 Å². The number of aryl methyl sites for hydroxylation is 2. The van der Waals surface area contributed by atoms with Gasteiger partial charge in [0.1, 0.15) is 6.04 Å². The van der Waals surface area contributed by atoms with Crippen LogP contribution in [-0.2, 0) is 23.1 Å². The maximum absolute atomic E-state index is 13.5. The van der Waals surface area contributed by atoms with Gasteiger partial charge in [-0.15, -0.1) is 10.2 Å². The van der Waals surface area contributed by atoms with Gasteiger partial charge in [0.15, 0.2) is 5.82 Å². The lowest BCUT2D eigenvalue weighted by Gasteiger charge is -2.36. The third-order valence-electron chi connectivity index (χ3n) is 9.83. The van der Waals surface area contributed by atoms with Gasteiger partial charge in [-0.25, -0.2) is 0 Å². The van der Waals surface area contributed by atoms with Gasteiger partial charge in [0.25, 0.3) is 5.91 Å². The number of nitrogens with zero attached hydrogens (tertiary/aromatic N) is 5. The summed E-state index contributed by atoms with van der Waals surface area (Å²) in [4.78, 5) is 28.0. The lowest BCUT2D eigenvalue weighted by atomic mass is 9.67. The quantitative estimate of drug-likeness (QED) is 0.296. The fourth-order valence-corrected chi connectivity index (χ4v) is 7.42. The zero-order valence-electron chi connectivity index (χ0n) is 25.5. The lowest BCUT2D eigenvalue weighted by Crippen LogP contribution is -2.48. The van der Waals surface area contributed by atoms with E-state index in [0.29, 0.717) is 17.8 Å². The van der Waals surface area contributed by atoms with E-state index in [1.807, 2.05) is 30.1 Å². The molecule has 11 nitrogen and oxygen atoms in total. The van der Waals surface area contributed by atoms with E-state index < -0.39 is 5.41 Å². The van der Waals surface area contributed by atoms with Crippen molar-refractivity contribution in [1.29, 1.82) is 5.26 Å². The summed E-state index contributed by atoms with van der Waals surface area (Å²) in [6.45, 7) is 6.37. The maximum Gasteiger partial charge on any atom is 0.251 e. The van der Waals surface area contributed by atoms with Crippen LogP contribution in [0.15, 0.2) is 43.0 Å². The molecule has 2 aliphatic carbocycles. The van der Waals surface area contributed by atoms with Crippen LogP contribution in [-0.4, -0.2) is 75.6 Å². The number of hydrogen-bond donors (Lipinski definition) is 4. The molecule has 2 aromatic carbocycles. The first-order chi connectivity index (χ1) is 21.3. The number of fused-ring (bicyclic) bond motifs is 2. The average Bonchev–Trinajstić information content (AvgIpc) is 3.46. The molecule has 6 rings (SSSR count). The Kier molecular flexibility index (Phi) is 7.72. The zero-order chi connectivity index (χ0) is 31.1. The van der Waals surface area contributed by atoms with E-state index in [-0.39, 0.29) is 36.0 Å². The molecule has 1 spiro atoms. The van der Waals surface area contributed by atoms with Crippen molar-refractivity contribution in [2.24, 2.45) is 0 Å². The van der Waals surface area contributed by atoms with Crippen molar-refractivity contribution in [2.45, 2.75) is 74.9 Å². The highest BCUT2D eigenvalue weighted by Gasteiger charge is 2.56. The second kappa shape index (κ2) is 11.5. The van der Waals surface area contributed by atoms with Crippen LogP contribution in [0.2, 0.25) is 0 Å². The van der Waals surface area contributed by atoms with Gasteiger partial charge in [0, 0.05) is 36.9 Å². The van der Waals surface area contributed by atoms with Crippen LogP contribution in [0.5, 0.6) is 0 Å². The van der Waals surface area contributed by atoms with Crippen molar-refractivity contribution in [1.82, 2.24) is 41.5 Å². The van der Waals surface area contributed by atoms with Gasteiger partial charge in [-0.05, 0) is 97.9 Å². The minimum atomic E-state index is -0.828. The van der Waals surface area contributed by atoms with Gasteiger partial charge < -0.3 is 20.9 Å². The molecule has 0 bridgehead atoms. The maximum atomic E-state index is 13.5. The number of nitriles is 1. The van der Waals surface area contributed by atoms with Gasteiger partial charge in [-0.2, -0.15) is 10.5 Å².